The Morgan fingerprint density at radius 1 is 1.10 bits per heavy atom. The van der Waals surface area contributed by atoms with E-state index in [9.17, 15) is 0 Å². The van der Waals surface area contributed by atoms with Gasteiger partial charge in [-0.1, -0.05) is 48.0 Å². The van der Waals surface area contributed by atoms with Crippen molar-refractivity contribution in [3.05, 3.63) is 70.8 Å². The van der Waals surface area contributed by atoms with Crippen molar-refractivity contribution in [3.63, 3.8) is 0 Å². The average Bonchev–Trinajstić information content (AvgIpc) is 2.82. The summed E-state index contributed by atoms with van der Waals surface area (Å²) >= 11 is 0. The molecule has 1 aliphatic rings. The van der Waals surface area contributed by atoms with Gasteiger partial charge in [0, 0.05) is 18.8 Å². The van der Waals surface area contributed by atoms with E-state index in [-0.39, 0.29) is 0 Å². The zero-order valence-corrected chi connectivity index (χ0v) is 12.3. The highest BCUT2D eigenvalue weighted by molar-refractivity contribution is 5.64. The fourth-order valence-corrected chi connectivity index (χ4v) is 2.88. The lowest BCUT2D eigenvalue weighted by Crippen LogP contribution is -2.19. The molecule has 1 heterocycles. The van der Waals surface area contributed by atoms with Crippen molar-refractivity contribution >= 4 is 11.8 Å². The summed E-state index contributed by atoms with van der Waals surface area (Å²) in [7, 11) is 0. The Morgan fingerprint density at radius 2 is 1.90 bits per heavy atom. The van der Waals surface area contributed by atoms with Gasteiger partial charge in [-0.3, -0.25) is 0 Å². The molecule has 0 aromatic heterocycles. The number of fused-ring (bicyclic) bond motifs is 1. The van der Waals surface area contributed by atoms with Gasteiger partial charge >= 0.3 is 0 Å². The largest absolute Gasteiger partial charge is 0.367 e. The van der Waals surface area contributed by atoms with E-state index in [0.717, 1.165) is 19.5 Å². The van der Waals surface area contributed by atoms with Crippen molar-refractivity contribution in [2.45, 2.75) is 26.8 Å². The average molecular weight is 263 g/mol. The van der Waals surface area contributed by atoms with Gasteiger partial charge in [-0.2, -0.15) is 0 Å². The second kappa shape index (κ2) is 5.54. The minimum absolute atomic E-state index is 1.01. The molecule has 0 amide bonds. The zero-order valence-electron chi connectivity index (χ0n) is 12.3. The summed E-state index contributed by atoms with van der Waals surface area (Å²) in [6.07, 6.45) is 3.41. The summed E-state index contributed by atoms with van der Waals surface area (Å²) in [5, 5.41) is 0. The summed E-state index contributed by atoms with van der Waals surface area (Å²) in [4.78, 5) is 2.48. The number of nitrogens with zero attached hydrogens (tertiary/aromatic N) is 1. The van der Waals surface area contributed by atoms with Crippen LogP contribution in [0.4, 0.5) is 5.69 Å². The lowest BCUT2D eigenvalue weighted by atomic mass is 10.1. The Labute approximate surface area is 121 Å². The maximum atomic E-state index is 2.48. The first-order chi connectivity index (χ1) is 9.72. The van der Waals surface area contributed by atoms with Gasteiger partial charge in [-0.05, 0) is 49.1 Å². The van der Waals surface area contributed by atoms with E-state index in [1.54, 1.807) is 0 Å². The smallest absolute Gasteiger partial charge is 0.0429 e. The number of rotatable bonds is 3. The van der Waals surface area contributed by atoms with E-state index < -0.39 is 0 Å². The normalized spacial score (nSPS) is 13.2. The molecule has 20 heavy (non-hydrogen) atoms. The van der Waals surface area contributed by atoms with Crippen LogP contribution in [-0.2, 0) is 13.0 Å². The minimum Gasteiger partial charge on any atom is -0.367 e. The van der Waals surface area contributed by atoms with Crippen LogP contribution >= 0.6 is 0 Å². The minimum atomic E-state index is 1.01. The molecular formula is C19H21N. The molecule has 0 N–H and O–H groups in total. The third-order valence-electron chi connectivity index (χ3n) is 3.77. The highest BCUT2D eigenvalue weighted by Crippen LogP contribution is 2.30. The molecule has 0 saturated heterocycles. The summed E-state index contributed by atoms with van der Waals surface area (Å²) in [5.74, 6) is 0. The maximum Gasteiger partial charge on any atom is 0.0429 e. The van der Waals surface area contributed by atoms with Crippen LogP contribution in [0.2, 0.25) is 0 Å². The standard InChI is InChI=1S/C19H21N/c1-15(2)12-17-8-9-19-18(13-17)10-11-20(19)14-16-6-4-3-5-7-16/h3-9,12-13H,10-11,14H2,1-2H3. The first-order valence-electron chi connectivity index (χ1n) is 7.29. The van der Waals surface area contributed by atoms with Gasteiger partial charge < -0.3 is 4.90 Å². The van der Waals surface area contributed by atoms with Crippen LogP contribution in [0, 0.1) is 0 Å². The number of hydrogen-bond acceptors (Lipinski definition) is 1. The topological polar surface area (TPSA) is 3.24 Å². The van der Waals surface area contributed by atoms with E-state index in [1.165, 1.54) is 28.0 Å². The second-order valence-corrected chi connectivity index (χ2v) is 5.77. The van der Waals surface area contributed by atoms with Crippen molar-refractivity contribution < 1.29 is 0 Å². The summed E-state index contributed by atoms with van der Waals surface area (Å²) in [5.41, 5.74) is 6.94. The van der Waals surface area contributed by atoms with Crippen molar-refractivity contribution in [3.8, 4) is 0 Å². The zero-order chi connectivity index (χ0) is 13.9. The Kier molecular flexibility index (Phi) is 3.60. The van der Waals surface area contributed by atoms with Crippen LogP contribution in [0.15, 0.2) is 54.1 Å². The highest BCUT2D eigenvalue weighted by atomic mass is 15.1. The molecular weight excluding hydrogens is 242 g/mol. The molecule has 0 atom stereocenters. The van der Waals surface area contributed by atoms with Gasteiger partial charge in [0.2, 0.25) is 0 Å². The molecule has 0 unspecified atom stereocenters. The summed E-state index contributed by atoms with van der Waals surface area (Å²) < 4.78 is 0. The predicted octanol–water partition coefficient (Wildman–Crippen LogP) is 4.67. The molecule has 2 aromatic rings. The van der Waals surface area contributed by atoms with Crippen LogP contribution < -0.4 is 4.90 Å². The number of hydrogen-bond donors (Lipinski definition) is 0. The van der Waals surface area contributed by atoms with E-state index in [1.807, 2.05) is 0 Å². The Balaban J connectivity index is 1.82. The lowest BCUT2D eigenvalue weighted by molar-refractivity contribution is 0.836. The van der Waals surface area contributed by atoms with Crippen LogP contribution in [0.3, 0.4) is 0 Å². The Hall–Kier alpha value is -2.02. The van der Waals surface area contributed by atoms with Crippen molar-refractivity contribution in [2.24, 2.45) is 0 Å². The van der Waals surface area contributed by atoms with Crippen LogP contribution in [0.1, 0.15) is 30.5 Å². The Morgan fingerprint density at radius 3 is 2.65 bits per heavy atom. The van der Waals surface area contributed by atoms with E-state index in [4.69, 9.17) is 0 Å². The summed E-state index contributed by atoms with van der Waals surface area (Å²) in [6.45, 7) is 6.43. The van der Waals surface area contributed by atoms with E-state index >= 15 is 0 Å². The second-order valence-electron chi connectivity index (χ2n) is 5.77. The molecule has 102 valence electrons. The molecule has 0 bridgehead atoms. The molecule has 0 saturated carbocycles. The van der Waals surface area contributed by atoms with Gasteiger partial charge in [0.25, 0.3) is 0 Å². The Bertz CT molecular complexity index is 621. The molecule has 3 rings (SSSR count). The van der Waals surface area contributed by atoms with Crippen LogP contribution in [0.5, 0.6) is 0 Å². The lowest BCUT2D eigenvalue weighted by Gasteiger charge is -2.19. The van der Waals surface area contributed by atoms with Crippen molar-refractivity contribution in [1.29, 1.82) is 0 Å². The third kappa shape index (κ3) is 2.77. The van der Waals surface area contributed by atoms with E-state index in [2.05, 4.69) is 73.4 Å². The van der Waals surface area contributed by atoms with E-state index in [0.29, 0.717) is 0 Å². The quantitative estimate of drug-likeness (QED) is 0.777. The predicted molar refractivity (Wildman–Crippen MR) is 87.0 cm³/mol. The highest BCUT2D eigenvalue weighted by Gasteiger charge is 2.18. The number of allylic oxidation sites excluding steroid dienone is 1. The molecule has 1 nitrogen and oxygen atoms in total. The van der Waals surface area contributed by atoms with Gasteiger partial charge in [0.1, 0.15) is 0 Å². The molecule has 0 aliphatic carbocycles. The number of anilines is 1. The van der Waals surface area contributed by atoms with Crippen LogP contribution in [-0.4, -0.2) is 6.54 Å². The van der Waals surface area contributed by atoms with Crippen LogP contribution in [0.25, 0.3) is 6.08 Å². The number of benzene rings is 2. The van der Waals surface area contributed by atoms with Crippen molar-refractivity contribution in [2.75, 3.05) is 11.4 Å². The third-order valence-corrected chi connectivity index (χ3v) is 3.77. The molecule has 1 aliphatic heterocycles. The molecule has 1 heteroatoms. The van der Waals surface area contributed by atoms with Gasteiger partial charge in [0.05, 0.1) is 0 Å². The summed E-state index contributed by atoms with van der Waals surface area (Å²) in [6, 6.07) is 17.6. The molecule has 0 radical (unpaired) electrons. The first kappa shape index (κ1) is 13.0. The molecule has 0 spiro atoms. The van der Waals surface area contributed by atoms with Gasteiger partial charge in [-0.25, -0.2) is 0 Å². The van der Waals surface area contributed by atoms with Gasteiger partial charge in [0.15, 0.2) is 0 Å². The molecule has 0 fully saturated rings. The van der Waals surface area contributed by atoms with Gasteiger partial charge in [-0.15, -0.1) is 0 Å². The SMILES string of the molecule is CC(C)=Cc1ccc2c(c1)CCN2Cc1ccccc1. The fourth-order valence-electron chi connectivity index (χ4n) is 2.88. The maximum absolute atomic E-state index is 2.48. The molecule has 2 aromatic carbocycles. The fraction of sp³-hybridized carbons (Fsp3) is 0.263. The first-order valence-corrected chi connectivity index (χ1v) is 7.29. The monoisotopic (exact) mass is 263 g/mol. The van der Waals surface area contributed by atoms with Crippen molar-refractivity contribution in [1.82, 2.24) is 0 Å².